The molecule has 0 unspecified atom stereocenters. The minimum atomic E-state index is -0.167. The number of carbonyl (C=O) groups is 1. The normalized spacial score (nSPS) is 11.3. The number of carbonyl (C=O) groups excluding carboxylic acids is 3. The molecular weight excluding hydrogens is 486 g/mol. The molecule has 196 valence electrons. The van der Waals surface area contributed by atoms with Crippen molar-refractivity contribution >= 4 is 23.0 Å². The fourth-order valence-corrected chi connectivity index (χ4v) is 4.70. The van der Waals surface area contributed by atoms with Crippen LogP contribution in [-0.2, 0) is 16.1 Å². The van der Waals surface area contributed by atoms with Crippen LogP contribution >= 0.6 is 0 Å². The van der Waals surface area contributed by atoms with Crippen LogP contribution < -0.4 is 5.32 Å². The van der Waals surface area contributed by atoms with Gasteiger partial charge in [-0.1, -0.05) is 60.7 Å². The minimum Gasteiger partial charge on any atom is -0.344 e. The summed E-state index contributed by atoms with van der Waals surface area (Å²) < 4.78 is 2.34. The van der Waals surface area contributed by atoms with E-state index in [1.54, 1.807) is 0 Å². The van der Waals surface area contributed by atoms with E-state index < -0.39 is 0 Å². The summed E-state index contributed by atoms with van der Waals surface area (Å²) in [6.07, 6.45) is 2.08. The van der Waals surface area contributed by atoms with Crippen LogP contribution in [0, 0.1) is 20.8 Å². The van der Waals surface area contributed by atoms with Crippen LogP contribution in [0.2, 0.25) is 0 Å². The number of pyridine rings is 1. The Hall–Kier alpha value is -4.80. The first-order chi connectivity index (χ1) is 18.8. The highest BCUT2D eigenvalue weighted by atomic mass is 16.2. The number of nitrogens with one attached hydrogen (secondary N) is 1. The van der Waals surface area contributed by atoms with E-state index in [-0.39, 0.29) is 18.1 Å². The fourth-order valence-electron chi connectivity index (χ4n) is 4.70. The Labute approximate surface area is 228 Å². The van der Waals surface area contributed by atoms with Gasteiger partial charge in [0.15, 0.2) is 0 Å². The predicted molar refractivity (Wildman–Crippen MR) is 152 cm³/mol. The third kappa shape index (κ3) is 6.20. The standard InChI is InChI=1S/C32H31N3O.CO2/c1-21-10-16-30(33-19-21)23(3)34-32(36)28-15-17-31-29(18-28)22(2)24(4)35(31)20-25-11-13-27(14-12-25)26-8-6-5-7-9-26;2-1-3/h5-19,23H,20H2,1-4H3,(H,34,36);/t23-;/m0./s1. The lowest BCUT2D eigenvalue weighted by atomic mass is 10.0. The minimum absolute atomic E-state index is 0.0897. The summed E-state index contributed by atoms with van der Waals surface area (Å²) in [6, 6.07) is 29.0. The van der Waals surface area contributed by atoms with Gasteiger partial charge in [0, 0.05) is 34.9 Å². The molecule has 0 aliphatic rings. The Balaban J connectivity index is 0.00000112. The lowest BCUT2D eigenvalue weighted by Crippen LogP contribution is -2.27. The quantitative estimate of drug-likeness (QED) is 0.276. The highest BCUT2D eigenvalue weighted by Crippen LogP contribution is 2.28. The van der Waals surface area contributed by atoms with Crippen LogP contribution in [0.5, 0.6) is 0 Å². The Morgan fingerprint density at radius 3 is 2.21 bits per heavy atom. The first-order valence-corrected chi connectivity index (χ1v) is 12.8. The number of fused-ring (bicyclic) bond motifs is 1. The molecular formula is C33H31N3O3. The summed E-state index contributed by atoms with van der Waals surface area (Å²) in [4.78, 5) is 33.7. The van der Waals surface area contributed by atoms with Crippen molar-refractivity contribution in [2.75, 3.05) is 0 Å². The van der Waals surface area contributed by atoms with Gasteiger partial charge in [0.25, 0.3) is 5.91 Å². The van der Waals surface area contributed by atoms with Crippen molar-refractivity contribution in [2.24, 2.45) is 0 Å². The molecule has 0 aliphatic heterocycles. The van der Waals surface area contributed by atoms with Gasteiger partial charge in [0.2, 0.25) is 0 Å². The average molecular weight is 518 g/mol. The molecule has 5 rings (SSSR count). The third-order valence-corrected chi connectivity index (χ3v) is 7.03. The fraction of sp³-hybridized carbons (Fsp3) is 0.182. The first kappa shape index (κ1) is 27.2. The largest absolute Gasteiger partial charge is 0.373 e. The summed E-state index contributed by atoms with van der Waals surface area (Å²) in [5, 5.41) is 4.20. The lowest BCUT2D eigenvalue weighted by molar-refractivity contribution is -0.191. The van der Waals surface area contributed by atoms with Crippen molar-refractivity contribution in [1.29, 1.82) is 0 Å². The van der Waals surface area contributed by atoms with E-state index in [0.717, 1.165) is 28.7 Å². The summed E-state index contributed by atoms with van der Waals surface area (Å²) in [5.74, 6) is -0.0897. The molecule has 1 atom stereocenters. The van der Waals surface area contributed by atoms with E-state index in [2.05, 4.69) is 83.3 Å². The van der Waals surface area contributed by atoms with Crippen LogP contribution in [0.1, 0.15) is 51.4 Å². The van der Waals surface area contributed by atoms with Gasteiger partial charge in [-0.05, 0) is 79.8 Å². The summed E-state index contributed by atoms with van der Waals surface area (Å²) >= 11 is 0. The zero-order valence-corrected chi connectivity index (χ0v) is 22.6. The second-order valence-corrected chi connectivity index (χ2v) is 9.63. The molecule has 0 radical (unpaired) electrons. The van der Waals surface area contributed by atoms with Gasteiger partial charge in [-0.25, -0.2) is 0 Å². The first-order valence-electron chi connectivity index (χ1n) is 12.8. The maximum atomic E-state index is 13.0. The molecule has 0 bridgehead atoms. The van der Waals surface area contributed by atoms with E-state index in [4.69, 9.17) is 9.59 Å². The highest BCUT2D eigenvalue weighted by molar-refractivity contribution is 5.99. The van der Waals surface area contributed by atoms with E-state index in [1.165, 1.54) is 27.9 Å². The molecule has 2 aromatic heterocycles. The molecule has 1 amide bonds. The monoisotopic (exact) mass is 517 g/mol. The van der Waals surface area contributed by atoms with Crippen molar-refractivity contribution in [3.63, 3.8) is 0 Å². The molecule has 5 aromatic rings. The Kier molecular flexibility index (Phi) is 8.50. The average Bonchev–Trinajstić information content (AvgIpc) is 3.19. The van der Waals surface area contributed by atoms with E-state index >= 15 is 0 Å². The third-order valence-electron chi connectivity index (χ3n) is 7.03. The molecule has 0 spiro atoms. The number of rotatable bonds is 6. The number of amides is 1. The number of benzene rings is 3. The molecule has 0 saturated heterocycles. The van der Waals surface area contributed by atoms with Crippen LogP contribution in [0.4, 0.5) is 0 Å². The smallest absolute Gasteiger partial charge is 0.344 e. The Morgan fingerprint density at radius 2 is 1.56 bits per heavy atom. The summed E-state index contributed by atoms with van der Waals surface area (Å²) in [5.41, 5.74) is 9.86. The maximum absolute atomic E-state index is 13.0. The summed E-state index contributed by atoms with van der Waals surface area (Å²) in [7, 11) is 0. The molecule has 0 saturated carbocycles. The summed E-state index contributed by atoms with van der Waals surface area (Å²) in [6.45, 7) is 9.03. The molecule has 3 aromatic carbocycles. The molecule has 6 heteroatoms. The number of nitrogens with zero attached hydrogens (tertiary/aromatic N) is 2. The second-order valence-electron chi connectivity index (χ2n) is 9.63. The van der Waals surface area contributed by atoms with Crippen molar-refractivity contribution in [2.45, 2.75) is 40.3 Å². The van der Waals surface area contributed by atoms with E-state index in [1.807, 2.05) is 50.4 Å². The molecule has 6 nitrogen and oxygen atoms in total. The predicted octanol–water partition coefficient (Wildman–Crippen LogP) is 6.58. The van der Waals surface area contributed by atoms with Crippen molar-refractivity contribution in [1.82, 2.24) is 14.9 Å². The van der Waals surface area contributed by atoms with Gasteiger partial charge < -0.3 is 9.88 Å². The maximum Gasteiger partial charge on any atom is 0.373 e. The number of aromatic nitrogens is 2. The molecule has 2 heterocycles. The van der Waals surface area contributed by atoms with Crippen LogP contribution in [0.3, 0.4) is 0 Å². The second kappa shape index (κ2) is 12.2. The molecule has 0 fully saturated rings. The molecule has 1 N–H and O–H groups in total. The number of aryl methyl sites for hydroxylation is 2. The molecule has 0 aliphatic carbocycles. The van der Waals surface area contributed by atoms with Crippen molar-refractivity contribution in [3.8, 4) is 11.1 Å². The SMILES string of the molecule is Cc1ccc([C@H](C)NC(=O)c2ccc3c(c2)c(C)c(C)n3Cc2ccc(-c3ccccc3)cc2)nc1.O=C=O. The lowest BCUT2D eigenvalue weighted by Gasteiger charge is -2.14. The van der Waals surface area contributed by atoms with Crippen molar-refractivity contribution < 1.29 is 14.4 Å². The zero-order valence-electron chi connectivity index (χ0n) is 22.6. The molecule has 39 heavy (non-hydrogen) atoms. The zero-order chi connectivity index (χ0) is 27.9. The van der Waals surface area contributed by atoms with E-state index in [9.17, 15) is 4.79 Å². The Bertz CT molecular complexity index is 1610. The number of hydrogen-bond acceptors (Lipinski definition) is 4. The highest BCUT2D eigenvalue weighted by Gasteiger charge is 2.16. The van der Waals surface area contributed by atoms with Gasteiger partial charge in [-0.3, -0.25) is 9.78 Å². The van der Waals surface area contributed by atoms with E-state index in [0.29, 0.717) is 5.56 Å². The topological polar surface area (TPSA) is 81.1 Å². The van der Waals surface area contributed by atoms with Gasteiger partial charge in [0.1, 0.15) is 0 Å². The van der Waals surface area contributed by atoms with Crippen LogP contribution in [0.15, 0.2) is 91.1 Å². The van der Waals surface area contributed by atoms with Gasteiger partial charge >= 0.3 is 6.15 Å². The van der Waals surface area contributed by atoms with Gasteiger partial charge in [-0.15, -0.1) is 0 Å². The number of hydrogen-bond donors (Lipinski definition) is 1. The van der Waals surface area contributed by atoms with Crippen molar-refractivity contribution in [3.05, 3.63) is 125 Å². The van der Waals surface area contributed by atoms with Gasteiger partial charge in [-0.2, -0.15) is 9.59 Å². The Morgan fingerprint density at radius 1 is 0.897 bits per heavy atom. The van der Waals surface area contributed by atoms with Gasteiger partial charge in [0.05, 0.1) is 11.7 Å². The van der Waals surface area contributed by atoms with Crippen LogP contribution in [-0.4, -0.2) is 21.6 Å². The van der Waals surface area contributed by atoms with Crippen LogP contribution in [0.25, 0.3) is 22.0 Å².